The average molecular weight is 291 g/mol. The van der Waals surface area contributed by atoms with Gasteiger partial charge in [0.15, 0.2) is 18.4 Å². The first kappa shape index (κ1) is 16.4. The molecule has 0 aromatic rings. The van der Waals surface area contributed by atoms with Gasteiger partial charge >= 0.3 is 17.9 Å². The second kappa shape index (κ2) is 7.18. The van der Waals surface area contributed by atoms with Gasteiger partial charge in [-0.05, 0) is 0 Å². The van der Waals surface area contributed by atoms with Crippen molar-refractivity contribution in [3.8, 4) is 0 Å². The Hall–Kier alpha value is -1.70. The zero-order valence-corrected chi connectivity index (χ0v) is 11.3. The highest BCUT2D eigenvalue weighted by Gasteiger charge is 2.46. The SMILES string of the molecule is CC(=O)OC[C@H]1O[CH][C@@H](F)[C@@H](OC(C)=O)[C@@H]1OC(C)=O. The van der Waals surface area contributed by atoms with Gasteiger partial charge in [0.05, 0.1) is 0 Å². The van der Waals surface area contributed by atoms with Gasteiger partial charge < -0.3 is 18.9 Å². The van der Waals surface area contributed by atoms with Crippen molar-refractivity contribution in [3.05, 3.63) is 6.61 Å². The van der Waals surface area contributed by atoms with E-state index in [4.69, 9.17) is 18.9 Å². The van der Waals surface area contributed by atoms with Crippen molar-refractivity contribution in [3.63, 3.8) is 0 Å². The Bertz CT molecular complexity index is 384. The van der Waals surface area contributed by atoms with Crippen molar-refractivity contribution >= 4 is 17.9 Å². The summed E-state index contributed by atoms with van der Waals surface area (Å²) in [6, 6.07) is 0. The summed E-state index contributed by atoms with van der Waals surface area (Å²) in [4.78, 5) is 32.9. The third-order valence-electron chi connectivity index (χ3n) is 2.44. The quantitative estimate of drug-likeness (QED) is 0.544. The summed E-state index contributed by atoms with van der Waals surface area (Å²) in [5.74, 6) is -1.99. The van der Waals surface area contributed by atoms with Crippen LogP contribution in [0.5, 0.6) is 0 Å². The predicted molar refractivity (Wildman–Crippen MR) is 61.8 cm³/mol. The van der Waals surface area contributed by atoms with Gasteiger partial charge in [-0.3, -0.25) is 14.4 Å². The number of ether oxygens (including phenoxy) is 4. The van der Waals surface area contributed by atoms with E-state index in [1.807, 2.05) is 0 Å². The van der Waals surface area contributed by atoms with Gasteiger partial charge in [-0.1, -0.05) is 0 Å². The lowest BCUT2D eigenvalue weighted by atomic mass is 10.0. The Kier molecular flexibility index (Phi) is 5.87. The van der Waals surface area contributed by atoms with E-state index >= 15 is 0 Å². The molecule has 0 spiro atoms. The molecule has 7 nitrogen and oxygen atoms in total. The largest absolute Gasteiger partial charge is 0.463 e. The smallest absolute Gasteiger partial charge is 0.303 e. The standard InChI is InChI=1S/C12H16FO7/c1-6(14)17-5-10-12(20-8(3)16)11(19-7(2)15)9(13)4-18-10/h4,9-12H,5H2,1-3H3/t9-,10-,11-,12-/m1/s1. The van der Waals surface area contributed by atoms with E-state index in [-0.39, 0.29) is 6.61 Å². The van der Waals surface area contributed by atoms with E-state index in [1.165, 1.54) is 6.92 Å². The molecule has 113 valence electrons. The Morgan fingerprint density at radius 3 is 2.10 bits per heavy atom. The van der Waals surface area contributed by atoms with Crippen molar-refractivity contribution in [1.82, 2.24) is 0 Å². The fraction of sp³-hybridized carbons (Fsp3) is 0.667. The zero-order valence-electron chi connectivity index (χ0n) is 11.3. The average Bonchev–Trinajstić information content (AvgIpc) is 2.31. The first-order valence-electron chi connectivity index (χ1n) is 5.92. The third kappa shape index (κ3) is 4.76. The summed E-state index contributed by atoms with van der Waals surface area (Å²) >= 11 is 0. The first-order chi connectivity index (χ1) is 9.31. The summed E-state index contributed by atoms with van der Waals surface area (Å²) in [5, 5.41) is 0. The summed E-state index contributed by atoms with van der Waals surface area (Å²) in [6.07, 6.45) is -5.24. The number of hydrogen-bond donors (Lipinski definition) is 0. The molecular weight excluding hydrogens is 275 g/mol. The van der Waals surface area contributed by atoms with Gasteiger partial charge in [0.25, 0.3) is 0 Å². The van der Waals surface area contributed by atoms with E-state index in [9.17, 15) is 18.8 Å². The Morgan fingerprint density at radius 2 is 1.60 bits per heavy atom. The minimum Gasteiger partial charge on any atom is -0.463 e. The van der Waals surface area contributed by atoms with Gasteiger partial charge in [0, 0.05) is 20.8 Å². The molecule has 0 aliphatic carbocycles. The summed E-state index contributed by atoms with van der Waals surface area (Å²) < 4.78 is 33.2. The summed E-state index contributed by atoms with van der Waals surface area (Å²) in [6.45, 7) is 3.98. The molecule has 20 heavy (non-hydrogen) atoms. The number of rotatable bonds is 4. The van der Waals surface area contributed by atoms with E-state index < -0.39 is 42.4 Å². The second-order valence-corrected chi connectivity index (χ2v) is 4.21. The van der Waals surface area contributed by atoms with E-state index in [2.05, 4.69) is 0 Å². The molecule has 1 rings (SSSR count). The maximum absolute atomic E-state index is 13.7. The van der Waals surface area contributed by atoms with Gasteiger partial charge in [0.2, 0.25) is 0 Å². The van der Waals surface area contributed by atoms with E-state index in [0.29, 0.717) is 0 Å². The maximum Gasteiger partial charge on any atom is 0.303 e. The molecule has 1 aliphatic rings. The third-order valence-corrected chi connectivity index (χ3v) is 2.44. The molecular formula is C12H16FO7. The van der Waals surface area contributed by atoms with Crippen molar-refractivity contribution in [2.24, 2.45) is 0 Å². The lowest BCUT2D eigenvalue weighted by molar-refractivity contribution is -0.204. The molecule has 1 heterocycles. The van der Waals surface area contributed by atoms with Crippen LogP contribution >= 0.6 is 0 Å². The number of esters is 3. The number of carbonyl (C=O) groups is 3. The van der Waals surface area contributed by atoms with Crippen molar-refractivity contribution in [1.29, 1.82) is 0 Å². The maximum atomic E-state index is 13.7. The molecule has 0 unspecified atom stereocenters. The van der Waals surface area contributed by atoms with E-state index in [1.54, 1.807) is 0 Å². The van der Waals surface area contributed by atoms with Crippen LogP contribution in [-0.4, -0.2) is 49.0 Å². The van der Waals surface area contributed by atoms with Crippen LogP contribution in [0.4, 0.5) is 4.39 Å². The van der Waals surface area contributed by atoms with Crippen LogP contribution in [0.3, 0.4) is 0 Å². The molecule has 0 saturated carbocycles. The van der Waals surface area contributed by atoms with Gasteiger partial charge in [-0.15, -0.1) is 0 Å². The summed E-state index contributed by atoms with van der Waals surface area (Å²) in [7, 11) is 0. The lowest BCUT2D eigenvalue weighted by Crippen LogP contribution is -2.54. The Labute approximate surface area is 115 Å². The molecule has 0 amide bonds. The molecule has 1 saturated heterocycles. The van der Waals surface area contributed by atoms with Gasteiger partial charge in [-0.2, -0.15) is 0 Å². The zero-order chi connectivity index (χ0) is 15.3. The molecule has 0 aromatic heterocycles. The lowest BCUT2D eigenvalue weighted by Gasteiger charge is -2.37. The molecule has 8 heteroatoms. The van der Waals surface area contributed by atoms with Crippen molar-refractivity contribution in [2.45, 2.75) is 45.3 Å². The first-order valence-corrected chi connectivity index (χ1v) is 5.92. The van der Waals surface area contributed by atoms with Gasteiger partial charge in [-0.25, -0.2) is 4.39 Å². The van der Waals surface area contributed by atoms with Crippen LogP contribution in [-0.2, 0) is 33.3 Å². The van der Waals surface area contributed by atoms with Crippen LogP contribution in [0, 0.1) is 6.61 Å². The molecule has 1 fully saturated rings. The molecule has 1 radical (unpaired) electrons. The van der Waals surface area contributed by atoms with Crippen molar-refractivity contribution < 1.29 is 37.7 Å². The molecule has 0 N–H and O–H groups in total. The minimum atomic E-state index is -1.75. The number of hydrogen-bond acceptors (Lipinski definition) is 7. The highest BCUT2D eigenvalue weighted by molar-refractivity contribution is 5.67. The molecule has 4 atom stereocenters. The number of alkyl halides is 1. The summed E-state index contributed by atoms with van der Waals surface area (Å²) in [5.41, 5.74) is 0. The highest BCUT2D eigenvalue weighted by atomic mass is 19.1. The van der Waals surface area contributed by atoms with Gasteiger partial charge in [0.1, 0.15) is 19.3 Å². The van der Waals surface area contributed by atoms with E-state index in [0.717, 1.165) is 20.5 Å². The molecule has 0 aromatic carbocycles. The fourth-order valence-corrected chi connectivity index (χ4v) is 1.72. The Balaban J connectivity index is 2.83. The van der Waals surface area contributed by atoms with Crippen LogP contribution < -0.4 is 0 Å². The fourth-order valence-electron chi connectivity index (χ4n) is 1.72. The number of halogens is 1. The normalized spacial score (nSPS) is 29.4. The highest BCUT2D eigenvalue weighted by Crippen LogP contribution is 2.26. The molecule has 1 aliphatic heterocycles. The van der Waals surface area contributed by atoms with Crippen LogP contribution in [0.15, 0.2) is 0 Å². The topological polar surface area (TPSA) is 88.1 Å². The monoisotopic (exact) mass is 291 g/mol. The van der Waals surface area contributed by atoms with Crippen LogP contribution in [0.1, 0.15) is 20.8 Å². The second-order valence-electron chi connectivity index (χ2n) is 4.21. The van der Waals surface area contributed by atoms with Crippen LogP contribution in [0.2, 0.25) is 0 Å². The minimum absolute atomic E-state index is 0.256. The number of carbonyl (C=O) groups excluding carboxylic acids is 3. The Morgan fingerprint density at radius 1 is 1.05 bits per heavy atom. The van der Waals surface area contributed by atoms with Crippen molar-refractivity contribution in [2.75, 3.05) is 6.61 Å². The van der Waals surface area contributed by atoms with Crippen LogP contribution in [0.25, 0.3) is 0 Å². The predicted octanol–water partition coefficient (Wildman–Crippen LogP) is 0.312. The molecule has 0 bridgehead atoms.